The number of hydrogen-bond donors (Lipinski definition) is 1. The van der Waals surface area contributed by atoms with E-state index in [0.29, 0.717) is 11.1 Å². The quantitative estimate of drug-likeness (QED) is 0.872. The number of aryl methyl sites for hydroxylation is 1. The number of anilines is 1. The Bertz CT molecular complexity index is 613. The highest BCUT2D eigenvalue weighted by atomic mass is 32.2. The first kappa shape index (κ1) is 16.3. The summed E-state index contributed by atoms with van der Waals surface area (Å²) in [5.74, 6) is 0. The van der Waals surface area contributed by atoms with Gasteiger partial charge in [0.15, 0.2) is 0 Å². The lowest BCUT2D eigenvalue weighted by Crippen LogP contribution is -2.41. The lowest BCUT2D eigenvalue weighted by atomic mass is 9.76. The molecule has 1 aliphatic carbocycles. The molecule has 0 unspecified atom stereocenters. The number of nitrogens with zero attached hydrogens (tertiary/aromatic N) is 1. The molecule has 2 rings (SSSR count). The molecule has 1 saturated carbocycles. The molecular formula is C16H26N2O2S. The van der Waals surface area contributed by atoms with Gasteiger partial charge in [-0.3, -0.25) is 0 Å². The summed E-state index contributed by atoms with van der Waals surface area (Å²) in [6, 6.07) is 5.19. The molecule has 0 radical (unpaired) electrons. The smallest absolute Gasteiger partial charge is 0.245 e. The SMILES string of the molecule is Cc1ccc(S(=O)(=O)N(C)C2CCC(C)(C)CC2)c(N)c1. The minimum atomic E-state index is -3.51. The molecule has 118 valence electrons. The minimum absolute atomic E-state index is 0.0729. The van der Waals surface area contributed by atoms with E-state index >= 15 is 0 Å². The van der Waals surface area contributed by atoms with Crippen LogP contribution in [-0.2, 0) is 10.0 Å². The van der Waals surface area contributed by atoms with Crippen LogP contribution in [0.4, 0.5) is 5.69 Å². The molecule has 1 aromatic rings. The molecule has 1 aromatic carbocycles. The Morgan fingerprint density at radius 3 is 2.33 bits per heavy atom. The van der Waals surface area contributed by atoms with Gasteiger partial charge in [0.1, 0.15) is 4.90 Å². The molecule has 0 saturated heterocycles. The second-order valence-corrected chi connectivity index (χ2v) is 8.92. The summed E-state index contributed by atoms with van der Waals surface area (Å²) in [7, 11) is -1.84. The third-order valence-corrected chi connectivity index (χ3v) is 6.63. The van der Waals surface area contributed by atoms with E-state index in [2.05, 4.69) is 13.8 Å². The van der Waals surface area contributed by atoms with Gasteiger partial charge in [-0.1, -0.05) is 19.9 Å². The molecule has 1 aliphatic rings. The Kier molecular flexibility index (Phi) is 4.36. The van der Waals surface area contributed by atoms with Crippen molar-refractivity contribution in [1.29, 1.82) is 0 Å². The number of benzene rings is 1. The van der Waals surface area contributed by atoms with Gasteiger partial charge >= 0.3 is 0 Å². The molecule has 21 heavy (non-hydrogen) atoms. The van der Waals surface area contributed by atoms with E-state index in [1.165, 1.54) is 4.31 Å². The second-order valence-electron chi connectivity index (χ2n) is 6.96. The van der Waals surface area contributed by atoms with Crippen molar-refractivity contribution in [3.05, 3.63) is 23.8 Å². The first-order valence-electron chi connectivity index (χ1n) is 7.48. The summed E-state index contributed by atoms with van der Waals surface area (Å²) >= 11 is 0. The number of sulfonamides is 1. The van der Waals surface area contributed by atoms with E-state index in [1.54, 1.807) is 25.2 Å². The van der Waals surface area contributed by atoms with Crippen molar-refractivity contribution in [2.24, 2.45) is 5.41 Å². The lowest BCUT2D eigenvalue weighted by Gasteiger charge is -2.38. The summed E-state index contributed by atoms with van der Waals surface area (Å²) in [6.07, 6.45) is 3.94. The van der Waals surface area contributed by atoms with Gasteiger partial charge in [0.2, 0.25) is 10.0 Å². The molecule has 0 amide bonds. The van der Waals surface area contributed by atoms with Crippen molar-refractivity contribution in [1.82, 2.24) is 4.31 Å². The first-order chi connectivity index (χ1) is 9.63. The average molecular weight is 310 g/mol. The molecule has 0 heterocycles. The molecule has 1 fully saturated rings. The van der Waals surface area contributed by atoms with Gasteiger partial charge in [-0.2, -0.15) is 4.31 Å². The van der Waals surface area contributed by atoms with E-state index in [0.717, 1.165) is 31.2 Å². The van der Waals surface area contributed by atoms with Crippen molar-refractivity contribution in [3.63, 3.8) is 0 Å². The number of hydrogen-bond acceptors (Lipinski definition) is 3. The summed E-state index contributed by atoms with van der Waals surface area (Å²) in [5.41, 5.74) is 7.53. The Balaban J connectivity index is 2.23. The number of nitrogens with two attached hydrogens (primary N) is 1. The zero-order valence-corrected chi connectivity index (χ0v) is 14.2. The highest BCUT2D eigenvalue weighted by Crippen LogP contribution is 2.38. The maximum Gasteiger partial charge on any atom is 0.245 e. The van der Waals surface area contributed by atoms with Gasteiger partial charge in [-0.15, -0.1) is 0 Å². The second kappa shape index (κ2) is 5.61. The van der Waals surface area contributed by atoms with Gasteiger partial charge in [-0.05, 0) is 55.7 Å². The average Bonchev–Trinajstić information content (AvgIpc) is 2.37. The predicted octanol–water partition coefficient (Wildman–Crippen LogP) is 3.17. The van der Waals surface area contributed by atoms with Crippen molar-refractivity contribution in [3.8, 4) is 0 Å². The lowest BCUT2D eigenvalue weighted by molar-refractivity contribution is 0.174. The predicted molar refractivity (Wildman–Crippen MR) is 86.6 cm³/mol. The number of nitrogen functional groups attached to an aromatic ring is 1. The molecule has 0 atom stereocenters. The molecular weight excluding hydrogens is 284 g/mol. The van der Waals surface area contributed by atoms with Crippen molar-refractivity contribution >= 4 is 15.7 Å². The monoisotopic (exact) mass is 310 g/mol. The summed E-state index contributed by atoms with van der Waals surface area (Å²) in [5, 5.41) is 0. The summed E-state index contributed by atoms with van der Waals surface area (Å²) in [6.45, 7) is 6.39. The van der Waals surface area contributed by atoms with Gasteiger partial charge in [0, 0.05) is 13.1 Å². The summed E-state index contributed by atoms with van der Waals surface area (Å²) in [4.78, 5) is 0.223. The zero-order valence-electron chi connectivity index (χ0n) is 13.4. The van der Waals surface area contributed by atoms with Crippen LogP contribution in [0.1, 0.15) is 45.1 Å². The standard InChI is InChI=1S/C16H26N2O2S/c1-12-5-6-15(14(17)11-12)21(19,20)18(4)13-7-9-16(2,3)10-8-13/h5-6,11,13H,7-10,17H2,1-4H3. The van der Waals surface area contributed by atoms with Crippen molar-refractivity contribution < 1.29 is 8.42 Å². The largest absolute Gasteiger partial charge is 0.398 e. The zero-order chi connectivity index (χ0) is 15.8. The van der Waals surface area contributed by atoms with Crippen LogP contribution in [0.5, 0.6) is 0 Å². The molecule has 0 aliphatic heterocycles. The van der Waals surface area contributed by atoms with Gasteiger partial charge in [0.05, 0.1) is 5.69 Å². The third kappa shape index (κ3) is 3.40. The van der Waals surface area contributed by atoms with Crippen LogP contribution in [0.15, 0.2) is 23.1 Å². The Morgan fingerprint density at radius 1 is 1.24 bits per heavy atom. The maximum atomic E-state index is 12.8. The van der Waals surface area contributed by atoms with Crippen LogP contribution in [0.2, 0.25) is 0 Å². The van der Waals surface area contributed by atoms with Crippen LogP contribution in [-0.4, -0.2) is 25.8 Å². The van der Waals surface area contributed by atoms with E-state index in [9.17, 15) is 8.42 Å². The van der Waals surface area contributed by atoms with Gasteiger partial charge in [-0.25, -0.2) is 8.42 Å². The van der Waals surface area contributed by atoms with Crippen LogP contribution in [0.25, 0.3) is 0 Å². The van der Waals surface area contributed by atoms with E-state index in [-0.39, 0.29) is 10.9 Å². The maximum absolute atomic E-state index is 12.8. The van der Waals surface area contributed by atoms with E-state index < -0.39 is 10.0 Å². The van der Waals surface area contributed by atoms with Crippen LogP contribution in [0, 0.1) is 12.3 Å². The third-order valence-electron chi connectivity index (χ3n) is 4.65. The van der Waals surface area contributed by atoms with Gasteiger partial charge in [0.25, 0.3) is 0 Å². The van der Waals surface area contributed by atoms with Crippen LogP contribution >= 0.6 is 0 Å². The molecule has 5 heteroatoms. The van der Waals surface area contributed by atoms with E-state index in [1.807, 2.05) is 6.92 Å². The fourth-order valence-electron chi connectivity index (χ4n) is 3.00. The van der Waals surface area contributed by atoms with Crippen LogP contribution in [0.3, 0.4) is 0 Å². The highest BCUT2D eigenvalue weighted by molar-refractivity contribution is 7.89. The minimum Gasteiger partial charge on any atom is -0.398 e. The Hall–Kier alpha value is -1.07. The first-order valence-corrected chi connectivity index (χ1v) is 8.92. The van der Waals surface area contributed by atoms with Gasteiger partial charge < -0.3 is 5.73 Å². The Labute approximate surface area is 128 Å². The molecule has 0 bridgehead atoms. The molecule has 0 aromatic heterocycles. The number of rotatable bonds is 3. The fraction of sp³-hybridized carbons (Fsp3) is 0.625. The van der Waals surface area contributed by atoms with Crippen molar-refractivity contribution in [2.75, 3.05) is 12.8 Å². The molecule has 0 spiro atoms. The molecule has 2 N–H and O–H groups in total. The summed E-state index contributed by atoms with van der Waals surface area (Å²) < 4.78 is 27.1. The van der Waals surface area contributed by atoms with Crippen LogP contribution < -0.4 is 5.73 Å². The fourth-order valence-corrected chi connectivity index (χ4v) is 4.51. The van der Waals surface area contributed by atoms with Crippen molar-refractivity contribution in [2.45, 2.75) is 57.4 Å². The topological polar surface area (TPSA) is 63.4 Å². The van der Waals surface area contributed by atoms with E-state index in [4.69, 9.17) is 5.73 Å². The highest BCUT2D eigenvalue weighted by Gasteiger charge is 2.34. The Morgan fingerprint density at radius 2 is 1.81 bits per heavy atom. The normalized spacial score (nSPS) is 19.9. The molecule has 4 nitrogen and oxygen atoms in total.